The lowest BCUT2D eigenvalue weighted by Crippen LogP contribution is -2.43. The first-order valence-electron chi connectivity index (χ1n) is 13.1. The highest BCUT2D eigenvalue weighted by Crippen LogP contribution is 2.39. The van der Waals surface area contributed by atoms with Crippen molar-refractivity contribution < 1.29 is 24.1 Å². The highest BCUT2D eigenvalue weighted by molar-refractivity contribution is 5.84. The van der Waals surface area contributed by atoms with Crippen LogP contribution in [0.5, 0.6) is 0 Å². The Morgan fingerprint density at radius 2 is 1.73 bits per heavy atom. The summed E-state index contributed by atoms with van der Waals surface area (Å²) in [5.74, 6) is 0. The number of aliphatic hydroxyl groups is 1. The van der Waals surface area contributed by atoms with Crippen molar-refractivity contribution in [2.75, 3.05) is 25.0 Å². The second kappa shape index (κ2) is 13.5. The van der Waals surface area contributed by atoms with E-state index in [1.165, 1.54) is 31.8 Å². The van der Waals surface area contributed by atoms with Gasteiger partial charge in [-0.05, 0) is 36.1 Å². The van der Waals surface area contributed by atoms with Crippen LogP contribution >= 0.6 is 0 Å². The zero-order chi connectivity index (χ0) is 26.0. The van der Waals surface area contributed by atoms with Crippen LogP contribution in [-0.4, -0.2) is 47.9 Å². The molecular formula is C30H38N2O5. The van der Waals surface area contributed by atoms with Crippen molar-refractivity contribution in [3.05, 3.63) is 90.5 Å². The molecule has 0 unspecified atom stereocenters. The molecule has 0 radical (unpaired) electrons. The van der Waals surface area contributed by atoms with Crippen LogP contribution in [0.3, 0.4) is 0 Å². The Kier molecular flexibility index (Phi) is 9.91. The Hall–Kier alpha value is -2.97. The summed E-state index contributed by atoms with van der Waals surface area (Å²) in [5.41, 5.74) is 3.44. The molecule has 1 aliphatic carbocycles. The first kappa shape index (κ1) is 27.1. The second-order valence-electron chi connectivity index (χ2n) is 9.67. The summed E-state index contributed by atoms with van der Waals surface area (Å²) in [5, 5.41) is 12.1. The van der Waals surface area contributed by atoms with E-state index in [-0.39, 0.29) is 25.4 Å². The molecule has 1 saturated heterocycles. The van der Waals surface area contributed by atoms with Crippen LogP contribution in [0.15, 0.2) is 73.8 Å². The first-order valence-corrected chi connectivity index (χ1v) is 13.1. The number of anilines is 1. The molecule has 1 heterocycles. The normalized spacial score (nSPS) is 22.1. The van der Waals surface area contributed by atoms with Crippen LogP contribution in [-0.2, 0) is 20.8 Å². The molecule has 2 aromatic carbocycles. The Morgan fingerprint density at radius 1 is 1.03 bits per heavy atom. The van der Waals surface area contributed by atoms with Gasteiger partial charge in [0.05, 0.1) is 18.8 Å². The van der Waals surface area contributed by atoms with Crippen LogP contribution in [0.4, 0.5) is 10.5 Å². The molecule has 0 spiro atoms. The molecule has 2 N–H and O–H groups in total. The van der Waals surface area contributed by atoms with Gasteiger partial charge in [0.1, 0.15) is 6.61 Å². The van der Waals surface area contributed by atoms with Crippen molar-refractivity contribution in [3.8, 4) is 0 Å². The molecule has 2 aliphatic rings. The highest BCUT2D eigenvalue weighted by atomic mass is 16.7. The molecule has 1 aliphatic heterocycles. The largest absolute Gasteiger partial charge is 0.445 e. The van der Waals surface area contributed by atoms with Crippen LogP contribution in [0, 0.1) is 0 Å². The standard InChI is InChI=1S/C30H38N2O5/c1-3-17-32(26-7-5-6-8-26)20-27-19-28(23-11-9-22(21-33)10-12-23)37-29(36-27)24-13-15-25(16-14-24)31-30(34)35-18-4-2/h3-4,9-16,26-29,33H,1-2,5-8,17-21H2,(H,31,34)/t27-,28+,29+/m1/s1. The summed E-state index contributed by atoms with van der Waals surface area (Å²) in [4.78, 5) is 14.4. The van der Waals surface area contributed by atoms with Crippen molar-refractivity contribution >= 4 is 11.8 Å². The molecule has 0 aromatic heterocycles. The van der Waals surface area contributed by atoms with Gasteiger partial charge in [0.15, 0.2) is 6.29 Å². The molecule has 2 fully saturated rings. The molecule has 1 amide bonds. The Labute approximate surface area is 219 Å². The molecule has 37 heavy (non-hydrogen) atoms. The highest BCUT2D eigenvalue weighted by Gasteiger charge is 2.34. The van der Waals surface area contributed by atoms with Crippen LogP contribution in [0.25, 0.3) is 0 Å². The van der Waals surface area contributed by atoms with E-state index in [4.69, 9.17) is 14.2 Å². The van der Waals surface area contributed by atoms with Gasteiger partial charge >= 0.3 is 6.09 Å². The number of hydrogen-bond acceptors (Lipinski definition) is 6. The minimum absolute atomic E-state index is 0.0135. The molecular weight excluding hydrogens is 468 g/mol. The number of nitrogens with zero attached hydrogens (tertiary/aromatic N) is 1. The number of amides is 1. The molecule has 2 aromatic rings. The number of hydrogen-bond donors (Lipinski definition) is 2. The number of carbonyl (C=O) groups is 1. The number of carbonyl (C=O) groups excluding carboxylic acids is 1. The summed E-state index contributed by atoms with van der Waals surface area (Å²) in [7, 11) is 0. The SMILES string of the molecule is C=CCOC(=O)Nc1ccc([C@H]2O[C@@H](CN(CC=C)C3CCCC3)C[C@@H](c3ccc(CO)cc3)O2)cc1. The van der Waals surface area contributed by atoms with E-state index >= 15 is 0 Å². The quantitative estimate of drug-likeness (QED) is 0.370. The van der Waals surface area contributed by atoms with Crippen molar-refractivity contribution in [2.45, 2.75) is 63.3 Å². The lowest BCUT2D eigenvalue weighted by molar-refractivity contribution is -0.253. The van der Waals surface area contributed by atoms with Crippen molar-refractivity contribution in [1.29, 1.82) is 0 Å². The molecule has 0 bridgehead atoms. The lowest BCUT2D eigenvalue weighted by Gasteiger charge is -2.39. The molecule has 198 valence electrons. The molecule has 7 nitrogen and oxygen atoms in total. The molecule has 1 saturated carbocycles. The van der Waals surface area contributed by atoms with E-state index in [1.54, 1.807) is 0 Å². The molecule has 4 rings (SSSR count). The van der Waals surface area contributed by atoms with Gasteiger partial charge < -0.3 is 19.3 Å². The third-order valence-corrected chi connectivity index (χ3v) is 7.02. The number of ether oxygens (including phenoxy) is 3. The maximum atomic E-state index is 11.9. The summed E-state index contributed by atoms with van der Waals surface area (Å²) in [6.07, 6.45) is 7.99. The van der Waals surface area contributed by atoms with E-state index in [9.17, 15) is 9.90 Å². The minimum Gasteiger partial charge on any atom is -0.445 e. The molecule has 7 heteroatoms. The van der Waals surface area contributed by atoms with E-state index < -0.39 is 12.4 Å². The summed E-state index contributed by atoms with van der Waals surface area (Å²) >= 11 is 0. The maximum Gasteiger partial charge on any atom is 0.411 e. The topological polar surface area (TPSA) is 80.3 Å². The smallest absolute Gasteiger partial charge is 0.411 e. The van der Waals surface area contributed by atoms with Crippen molar-refractivity contribution in [2.24, 2.45) is 0 Å². The monoisotopic (exact) mass is 506 g/mol. The Balaban J connectivity index is 1.51. The Bertz CT molecular complexity index is 1020. The zero-order valence-electron chi connectivity index (χ0n) is 21.4. The fraction of sp³-hybridized carbons (Fsp3) is 0.433. The number of rotatable bonds is 11. The van der Waals surface area contributed by atoms with E-state index in [2.05, 4.69) is 23.4 Å². The third kappa shape index (κ3) is 7.52. The number of nitrogens with one attached hydrogen (secondary N) is 1. The van der Waals surface area contributed by atoms with Gasteiger partial charge in [-0.2, -0.15) is 0 Å². The second-order valence-corrected chi connectivity index (χ2v) is 9.67. The fourth-order valence-electron chi connectivity index (χ4n) is 5.11. The van der Waals surface area contributed by atoms with Gasteiger partial charge in [0, 0.05) is 36.8 Å². The predicted octanol–water partition coefficient (Wildman–Crippen LogP) is 5.89. The van der Waals surface area contributed by atoms with Gasteiger partial charge in [-0.15, -0.1) is 6.58 Å². The number of benzene rings is 2. The fourth-order valence-corrected chi connectivity index (χ4v) is 5.11. The average molecular weight is 507 g/mol. The summed E-state index contributed by atoms with van der Waals surface area (Å²) < 4.78 is 18.0. The average Bonchev–Trinajstić information content (AvgIpc) is 3.47. The maximum absolute atomic E-state index is 11.9. The summed E-state index contributed by atoms with van der Waals surface area (Å²) in [6.45, 7) is 9.35. The first-order chi connectivity index (χ1) is 18.1. The van der Waals surface area contributed by atoms with Crippen molar-refractivity contribution in [1.82, 2.24) is 4.90 Å². The van der Waals surface area contributed by atoms with Crippen molar-refractivity contribution in [3.63, 3.8) is 0 Å². The van der Waals surface area contributed by atoms with Gasteiger partial charge in [0.25, 0.3) is 0 Å². The van der Waals surface area contributed by atoms with E-state index in [0.717, 1.165) is 36.2 Å². The van der Waals surface area contributed by atoms with E-state index in [0.29, 0.717) is 11.7 Å². The predicted molar refractivity (Wildman–Crippen MR) is 144 cm³/mol. The van der Waals surface area contributed by atoms with Crippen LogP contribution in [0.2, 0.25) is 0 Å². The van der Waals surface area contributed by atoms with Crippen LogP contribution < -0.4 is 5.32 Å². The Morgan fingerprint density at radius 3 is 2.38 bits per heavy atom. The van der Waals surface area contributed by atoms with Gasteiger partial charge in [-0.3, -0.25) is 10.2 Å². The van der Waals surface area contributed by atoms with Crippen LogP contribution in [0.1, 0.15) is 61.2 Å². The van der Waals surface area contributed by atoms with Gasteiger partial charge in [0.2, 0.25) is 0 Å². The lowest BCUT2D eigenvalue weighted by atomic mass is 9.99. The third-order valence-electron chi connectivity index (χ3n) is 7.02. The van der Waals surface area contributed by atoms with Gasteiger partial charge in [-0.1, -0.05) is 68.0 Å². The van der Waals surface area contributed by atoms with E-state index in [1.807, 2.05) is 54.6 Å². The minimum atomic E-state index is -0.544. The summed E-state index contributed by atoms with van der Waals surface area (Å²) in [6, 6.07) is 15.9. The number of aliphatic hydroxyl groups excluding tert-OH is 1. The zero-order valence-corrected chi connectivity index (χ0v) is 21.4. The van der Waals surface area contributed by atoms with Gasteiger partial charge in [-0.25, -0.2) is 4.79 Å². The molecule has 3 atom stereocenters.